The van der Waals surface area contributed by atoms with Crippen LogP contribution in [0.1, 0.15) is 20.8 Å². The SMILES string of the molecule is C/C=C\C(C)=NC(C)CN. The number of aliphatic imine (C=N–C) groups is 1. The van der Waals surface area contributed by atoms with Crippen LogP contribution in [0.4, 0.5) is 0 Å². The maximum atomic E-state index is 5.39. The van der Waals surface area contributed by atoms with Gasteiger partial charge in [-0.05, 0) is 26.8 Å². The third-order valence-corrected chi connectivity index (χ3v) is 1.17. The molecule has 0 heterocycles. The molecule has 2 heteroatoms. The molecule has 0 fully saturated rings. The molecule has 0 aromatic rings. The van der Waals surface area contributed by atoms with Gasteiger partial charge in [-0.15, -0.1) is 0 Å². The van der Waals surface area contributed by atoms with E-state index in [4.69, 9.17) is 5.73 Å². The second-order valence-corrected chi connectivity index (χ2v) is 2.36. The molecule has 2 nitrogen and oxygen atoms in total. The van der Waals surface area contributed by atoms with E-state index in [0.29, 0.717) is 6.54 Å². The molecule has 0 aliphatic rings. The highest BCUT2D eigenvalue weighted by atomic mass is 14.8. The van der Waals surface area contributed by atoms with E-state index in [-0.39, 0.29) is 6.04 Å². The summed E-state index contributed by atoms with van der Waals surface area (Å²) in [6.45, 7) is 6.58. The molecule has 0 rings (SSSR count). The van der Waals surface area contributed by atoms with Crippen LogP contribution in [0.15, 0.2) is 17.1 Å². The summed E-state index contributed by atoms with van der Waals surface area (Å²) in [6.07, 6.45) is 3.95. The summed E-state index contributed by atoms with van der Waals surface area (Å²) in [5.74, 6) is 0. The van der Waals surface area contributed by atoms with Gasteiger partial charge < -0.3 is 5.73 Å². The molecule has 10 heavy (non-hydrogen) atoms. The fourth-order valence-electron chi connectivity index (χ4n) is 0.685. The first-order chi connectivity index (χ1) is 4.70. The lowest BCUT2D eigenvalue weighted by atomic mass is 10.3. The number of allylic oxidation sites excluding steroid dienone is 2. The molecule has 0 spiro atoms. The zero-order valence-corrected chi connectivity index (χ0v) is 6.96. The van der Waals surface area contributed by atoms with Crippen molar-refractivity contribution < 1.29 is 0 Å². The fraction of sp³-hybridized carbons (Fsp3) is 0.625. The summed E-state index contributed by atoms with van der Waals surface area (Å²) in [6, 6.07) is 0.246. The van der Waals surface area contributed by atoms with Gasteiger partial charge in [-0.25, -0.2) is 0 Å². The predicted molar refractivity (Wildman–Crippen MR) is 46.4 cm³/mol. The maximum Gasteiger partial charge on any atom is 0.0596 e. The molecule has 0 bridgehead atoms. The minimum absolute atomic E-state index is 0.246. The van der Waals surface area contributed by atoms with Crippen molar-refractivity contribution in [1.82, 2.24) is 0 Å². The summed E-state index contributed by atoms with van der Waals surface area (Å²) in [5.41, 5.74) is 6.43. The normalized spacial score (nSPS) is 16.2. The Hall–Kier alpha value is -0.630. The molecular formula is C8H16N2. The lowest BCUT2D eigenvalue weighted by molar-refractivity contribution is 0.755. The molecule has 1 unspecified atom stereocenters. The third-order valence-electron chi connectivity index (χ3n) is 1.17. The van der Waals surface area contributed by atoms with Gasteiger partial charge >= 0.3 is 0 Å². The first kappa shape index (κ1) is 9.37. The van der Waals surface area contributed by atoms with Crippen LogP contribution in [0, 0.1) is 0 Å². The van der Waals surface area contributed by atoms with Crippen LogP contribution < -0.4 is 5.73 Å². The summed E-state index contributed by atoms with van der Waals surface area (Å²) in [5, 5.41) is 0. The lowest BCUT2D eigenvalue weighted by Gasteiger charge is -2.00. The molecule has 0 saturated carbocycles. The number of rotatable bonds is 3. The quantitative estimate of drug-likeness (QED) is 0.591. The minimum atomic E-state index is 0.246. The zero-order chi connectivity index (χ0) is 7.98. The second-order valence-electron chi connectivity index (χ2n) is 2.36. The summed E-state index contributed by atoms with van der Waals surface area (Å²) < 4.78 is 0. The molecule has 0 aliphatic heterocycles. The first-order valence-corrected chi connectivity index (χ1v) is 3.58. The van der Waals surface area contributed by atoms with Crippen molar-refractivity contribution in [3.05, 3.63) is 12.2 Å². The Balaban J connectivity index is 3.89. The Morgan fingerprint density at radius 2 is 2.30 bits per heavy atom. The lowest BCUT2D eigenvalue weighted by Crippen LogP contribution is -2.15. The van der Waals surface area contributed by atoms with Gasteiger partial charge in [0.05, 0.1) is 6.04 Å². The van der Waals surface area contributed by atoms with Crippen LogP contribution in [0.3, 0.4) is 0 Å². The van der Waals surface area contributed by atoms with E-state index >= 15 is 0 Å². The number of hydrogen-bond acceptors (Lipinski definition) is 2. The molecule has 1 atom stereocenters. The van der Waals surface area contributed by atoms with Crippen LogP contribution >= 0.6 is 0 Å². The van der Waals surface area contributed by atoms with Gasteiger partial charge in [0.25, 0.3) is 0 Å². The van der Waals surface area contributed by atoms with E-state index in [1.165, 1.54) is 0 Å². The van der Waals surface area contributed by atoms with Crippen molar-refractivity contribution in [2.24, 2.45) is 10.7 Å². The standard InChI is InChI=1S/C8H16N2/c1-4-5-7(2)10-8(3)6-9/h4-5,8H,6,9H2,1-3H3/b5-4-,10-7?. The first-order valence-electron chi connectivity index (χ1n) is 3.58. The van der Waals surface area contributed by atoms with Gasteiger partial charge in [-0.3, -0.25) is 4.99 Å². The van der Waals surface area contributed by atoms with Gasteiger partial charge in [0.15, 0.2) is 0 Å². The second kappa shape index (κ2) is 5.18. The van der Waals surface area contributed by atoms with Gasteiger partial charge in [0, 0.05) is 12.3 Å². The van der Waals surface area contributed by atoms with E-state index in [9.17, 15) is 0 Å². The average Bonchev–Trinajstić information content (AvgIpc) is 1.88. The van der Waals surface area contributed by atoms with Crippen molar-refractivity contribution in [3.63, 3.8) is 0 Å². The molecular weight excluding hydrogens is 124 g/mol. The van der Waals surface area contributed by atoms with Gasteiger partial charge in [-0.1, -0.05) is 6.08 Å². The minimum Gasteiger partial charge on any atom is -0.328 e. The van der Waals surface area contributed by atoms with E-state index in [0.717, 1.165) is 5.71 Å². The molecule has 2 N–H and O–H groups in total. The number of nitrogens with two attached hydrogens (primary N) is 1. The van der Waals surface area contributed by atoms with E-state index < -0.39 is 0 Å². The monoisotopic (exact) mass is 140 g/mol. The van der Waals surface area contributed by atoms with Gasteiger partial charge in [0.1, 0.15) is 0 Å². The smallest absolute Gasteiger partial charge is 0.0596 e. The molecule has 0 aromatic heterocycles. The third kappa shape index (κ3) is 4.27. The Bertz CT molecular complexity index is 136. The van der Waals surface area contributed by atoms with E-state index in [1.807, 2.05) is 32.9 Å². The topological polar surface area (TPSA) is 38.4 Å². The highest BCUT2D eigenvalue weighted by molar-refractivity contribution is 5.92. The van der Waals surface area contributed by atoms with Crippen molar-refractivity contribution in [2.45, 2.75) is 26.8 Å². The molecule has 0 aromatic carbocycles. The number of hydrogen-bond donors (Lipinski definition) is 1. The predicted octanol–water partition coefficient (Wildman–Crippen LogP) is 1.37. The van der Waals surface area contributed by atoms with Gasteiger partial charge in [-0.2, -0.15) is 0 Å². The van der Waals surface area contributed by atoms with Gasteiger partial charge in [0.2, 0.25) is 0 Å². The molecule has 58 valence electrons. The molecule has 0 aliphatic carbocycles. The van der Waals surface area contributed by atoms with Crippen LogP contribution in [0.2, 0.25) is 0 Å². The van der Waals surface area contributed by atoms with Crippen molar-refractivity contribution >= 4 is 5.71 Å². The largest absolute Gasteiger partial charge is 0.328 e. The van der Waals surface area contributed by atoms with Crippen molar-refractivity contribution in [3.8, 4) is 0 Å². The summed E-state index contributed by atoms with van der Waals surface area (Å²) in [7, 11) is 0. The fourth-order valence-corrected chi connectivity index (χ4v) is 0.685. The Labute approximate surface area is 62.8 Å². The van der Waals surface area contributed by atoms with Crippen molar-refractivity contribution in [2.75, 3.05) is 6.54 Å². The van der Waals surface area contributed by atoms with E-state index in [1.54, 1.807) is 0 Å². The molecule has 0 saturated heterocycles. The molecule has 0 amide bonds. The highest BCUT2D eigenvalue weighted by Crippen LogP contribution is 1.88. The summed E-state index contributed by atoms with van der Waals surface area (Å²) in [4.78, 5) is 4.29. The van der Waals surface area contributed by atoms with Crippen LogP contribution in [-0.4, -0.2) is 18.3 Å². The average molecular weight is 140 g/mol. The van der Waals surface area contributed by atoms with E-state index in [2.05, 4.69) is 4.99 Å². The zero-order valence-electron chi connectivity index (χ0n) is 6.96. The highest BCUT2D eigenvalue weighted by Gasteiger charge is 1.92. The summed E-state index contributed by atoms with van der Waals surface area (Å²) >= 11 is 0. The number of nitrogens with zero attached hydrogens (tertiary/aromatic N) is 1. The molecule has 0 radical (unpaired) electrons. The Morgan fingerprint density at radius 3 is 2.70 bits per heavy atom. The Kier molecular flexibility index (Phi) is 4.85. The Morgan fingerprint density at radius 1 is 1.70 bits per heavy atom. The van der Waals surface area contributed by atoms with Crippen LogP contribution in [0.25, 0.3) is 0 Å². The van der Waals surface area contributed by atoms with Crippen molar-refractivity contribution in [1.29, 1.82) is 0 Å². The maximum absolute atomic E-state index is 5.39. The van der Waals surface area contributed by atoms with Crippen LogP contribution in [-0.2, 0) is 0 Å². The van der Waals surface area contributed by atoms with Crippen LogP contribution in [0.5, 0.6) is 0 Å².